The summed E-state index contributed by atoms with van der Waals surface area (Å²) in [5, 5.41) is 6.64. The summed E-state index contributed by atoms with van der Waals surface area (Å²) in [6.07, 6.45) is 1.58. The number of benzene rings is 1. The molecule has 5 heteroatoms. The van der Waals surface area contributed by atoms with Gasteiger partial charge in [-0.2, -0.15) is 0 Å². The van der Waals surface area contributed by atoms with Crippen molar-refractivity contribution in [2.45, 2.75) is 20.8 Å². The average molecular weight is 304 g/mol. The van der Waals surface area contributed by atoms with E-state index in [0.717, 1.165) is 23.5 Å². The van der Waals surface area contributed by atoms with E-state index < -0.39 is 0 Å². The molecule has 0 saturated heterocycles. The van der Waals surface area contributed by atoms with Gasteiger partial charge in [0.15, 0.2) is 0 Å². The van der Waals surface area contributed by atoms with Gasteiger partial charge in [0.2, 0.25) is 0 Å². The molecule has 0 aliphatic heterocycles. The van der Waals surface area contributed by atoms with Crippen molar-refractivity contribution in [3.63, 3.8) is 0 Å². The van der Waals surface area contributed by atoms with Crippen molar-refractivity contribution < 1.29 is 4.79 Å². The second kappa shape index (κ2) is 6.59. The fraction of sp³-hybridized carbons (Fsp3) is 0.250. The molecule has 2 rings (SSSR count). The lowest BCUT2D eigenvalue weighted by Crippen LogP contribution is -2.15. The van der Waals surface area contributed by atoms with E-state index in [1.165, 1.54) is 0 Å². The third-order valence-electron chi connectivity index (χ3n) is 3.08. The van der Waals surface area contributed by atoms with Crippen LogP contribution >= 0.6 is 11.6 Å². The monoisotopic (exact) mass is 303 g/mol. The number of aryl methyl sites for hydroxylation is 2. The molecular weight excluding hydrogens is 286 g/mol. The largest absolute Gasteiger partial charge is 0.385 e. The first-order valence-corrected chi connectivity index (χ1v) is 7.17. The number of hydrogen-bond acceptors (Lipinski definition) is 3. The molecule has 0 spiro atoms. The van der Waals surface area contributed by atoms with Crippen molar-refractivity contribution in [1.29, 1.82) is 0 Å². The van der Waals surface area contributed by atoms with Crippen LogP contribution in [0.3, 0.4) is 0 Å². The predicted molar refractivity (Wildman–Crippen MR) is 87.3 cm³/mol. The summed E-state index contributed by atoms with van der Waals surface area (Å²) in [4.78, 5) is 16.6. The van der Waals surface area contributed by atoms with Crippen molar-refractivity contribution in [2.24, 2.45) is 0 Å². The lowest BCUT2D eigenvalue weighted by molar-refractivity contribution is 0.102. The second-order valence-electron chi connectivity index (χ2n) is 4.82. The topological polar surface area (TPSA) is 54.0 Å². The molecule has 1 amide bonds. The molecule has 0 aliphatic carbocycles. The summed E-state index contributed by atoms with van der Waals surface area (Å²) in [7, 11) is 0. The Bertz CT molecular complexity index is 671. The normalized spacial score (nSPS) is 10.3. The first kappa shape index (κ1) is 15.3. The summed E-state index contributed by atoms with van der Waals surface area (Å²) in [6, 6.07) is 7.30. The summed E-state index contributed by atoms with van der Waals surface area (Å²) >= 11 is 6.07. The van der Waals surface area contributed by atoms with Gasteiger partial charge in [0.05, 0.1) is 11.3 Å². The summed E-state index contributed by atoms with van der Waals surface area (Å²) in [5.74, 6) is -0.210. The quantitative estimate of drug-likeness (QED) is 0.896. The smallest absolute Gasteiger partial charge is 0.259 e. The van der Waals surface area contributed by atoms with E-state index in [0.29, 0.717) is 16.3 Å². The number of anilines is 2. The Hall–Kier alpha value is -2.07. The van der Waals surface area contributed by atoms with Gasteiger partial charge in [0, 0.05) is 29.1 Å². The molecule has 1 heterocycles. The van der Waals surface area contributed by atoms with Crippen LogP contribution in [-0.4, -0.2) is 17.4 Å². The highest BCUT2D eigenvalue weighted by Gasteiger charge is 2.12. The standard InChI is InChI=1S/C16H18ClN3O/c1-4-18-15-7-11(3)19-9-13(15)16(21)20-12-6-5-10(2)14(17)8-12/h5-9H,4H2,1-3H3,(H,18,19)(H,20,21). The number of aromatic nitrogens is 1. The number of nitrogens with zero attached hydrogens (tertiary/aromatic N) is 1. The van der Waals surface area contributed by atoms with Gasteiger partial charge in [-0.05, 0) is 44.5 Å². The van der Waals surface area contributed by atoms with E-state index in [1.807, 2.05) is 39.0 Å². The third-order valence-corrected chi connectivity index (χ3v) is 3.49. The lowest BCUT2D eigenvalue weighted by Gasteiger charge is -2.12. The molecule has 2 N–H and O–H groups in total. The first-order chi connectivity index (χ1) is 10.0. The van der Waals surface area contributed by atoms with Gasteiger partial charge < -0.3 is 10.6 Å². The van der Waals surface area contributed by atoms with Gasteiger partial charge in [0.25, 0.3) is 5.91 Å². The molecule has 0 atom stereocenters. The molecule has 0 unspecified atom stereocenters. The van der Waals surface area contributed by atoms with E-state index in [9.17, 15) is 4.79 Å². The summed E-state index contributed by atoms with van der Waals surface area (Å²) < 4.78 is 0. The van der Waals surface area contributed by atoms with Gasteiger partial charge in [0.1, 0.15) is 0 Å². The first-order valence-electron chi connectivity index (χ1n) is 6.79. The number of hydrogen-bond donors (Lipinski definition) is 2. The average Bonchev–Trinajstić information content (AvgIpc) is 2.43. The van der Waals surface area contributed by atoms with Gasteiger partial charge in [-0.3, -0.25) is 9.78 Å². The molecule has 0 fully saturated rings. The fourth-order valence-corrected chi connectivity index (χ4v) is 2.13. The molecule has 0 bridgehead atoms. The summed E-state index contributed by atoms with van der Waals surface area (Å²) in [5.41, 5.74) is 3.79. The predicted octanol–water partition coefficient (Wildman–Crippen LogP) is 4.04. The molecule has 0 radical (unpaired) electrons. The SMILES string of the molecule is CCNc1cc(C)ncc1C(=O)Nc1ccc(C)c(Cl)c1. The molecule has 1 aromatic carbocycles. The molecule has 110 valence electrons. The zero-order valence-corrected chi connectivity index (χ0v) is 13.1. The van der Waals surface area contributed by atoms with Crippen molar-refractivity contribution in [3.8, 4) is 0 Å². The Kier molecular flexibility index (Phi) is 4.81. The van der Waals surface area contributed by atoms with Crippen LogP contribution in [0, 0.1) is 13.8 Å². The van der Waals surface area contributed by atoms with Crippen LogP contribution in [0.4, 0.5) is 11.4 Å². The van der Waals surface area contributed by atoms with Crippen LogP contribution in [-0.2, 0) is 0 Å². The van der Waals surface area contributed by atoms with Crippen LogP contribution in [0.1, 0.15) is 28.5 Å². The minimum absolute atomic E-state index is 0.210. The van der Waals surface area contributed by atoms with Crippen LogP contribution < -0.4 is 10.6 Å². The van der Waals surface area contributed by atoms with Crippen molar-refractivity contribution in [1.82, 2.24) is 4.98 Å². The number of rotatable bonds is 4. The van der Waals surface area contributed by atoms with Crippen molar-refractivity contribution in [2.75, 3.05) is 17.2 Å². The molecule has 0 saturated carbocycles. The minimum Gasteiger partial charge on any atom is -0.385 e. The Morgan fingerprint density at radius 2 is 2.05 bits per heavy atom. The Labute approximate surface area is 129 Å². The highest BCUT2D eigenvalue weighted by Crippen LogP contribution is 2.22. The van der Waals surface area contributed by atoms with E-state index >= 15 is 0 Å². The Morgan fingerprint density at radius 1 is 1.29 bits per heavy atom. The lowest BCUT2D eigenvalue weighted by atomic mass is 10.1. The number of halogens is 1. The van der Waals surface area contributed by atoms with E-state index in [-0.39, 0.29) is 5.91 Å². The van der Waals surface area contributed by atoms with Gasteiger partial charge in [-0.25, -0.2) is 0 Å². The number of nitrogens with one attached hydrogen (secondary N) is 2. The van der Waals surface area contributed by atoms with Crippen LogP contribution in [0.25, 0.3) is 0 Å². The van der Waals surface area contributed by atoms with Crippen molar-refractivity contribution >= 4 is 28.9 Å². The number of amides is 1. The zero-order chi connectivity index (χ0) is 15.4. The van der Waals surface area contributed by atoms with Crippen LogP contribution in [0.15, 0.2) is 30.5 Å². The number of carbonyl (C=O) groups excluding carboxylic acids is 1. The van der Waals surface area contributed by atoms with Gasteiger partial charge >= 0.3 is 0 Å². The minimum atomic E-state index is -0.210. The van der Waals surface area contributed by atoms with Crippen LogP contribution in [0.5, 0.6) is 0 Å². The number of pyridine rings is 1. The third kappa shape index (κ3) is 3.73. The molecule has 1 aromatic heterocycles. The number of carbonyl (C=O) groups is 1. The maximum absolute atomic E-state index is 12.4. The molecule has 4 nitrogen and oxygen atoms in total. The Balaban J connectivity index is 2.25. The van der Waals surface area contributed by atoms with Gasteiger partial charge in [-0.1, -0.05) is 17.7 Å². The molecule has 21 heavy (non-hydrogen) atoms. The summed E-state index contributed by atoms with van der Waals surface area (Å²) in [6.45, 7) is 6.53. The van der Waals surface area contributed by atoms with E-state index in [1.54, 1.807) is 12.3 Å². The highest BCUT2D eigenvalue weighted by atomic mass is 35.5. The highest BCUT2D eigenvalue weighted by molar-refractivity contribution is 6.31. The maximum atomic E-state index is 12.4. The molecule has 0 aliphatic rings. The molecular formula is C16H18ClN3O. The second-order valence-corrected chi connectivity index (χ2v) is 5.23. The van der Waals surface area contributed by atoms with Gasteiger partial charge in [-0.15, -0.1) is 0 Å². The van der Waals surface area contributed by atoms with E-state index in [2.05, 4.69) is 15.6 Å². The van der Waals surface area contributed by atoms with E-state index in [4.69, 9.17) is 11.6 Å². The fourth-order valence-electron chi connectivity index (χ4n) is 1.95. The molecule has 2 aromatic rings. The zero-order valence-electron chi connectivity index (χ0n) is 12.3. The van der Waals surface area contributed by atoms with Crippen LogP contribution in [0.2, 0.25) is 5.02 Å². The maximum Gasteiger partial charge on any atom is 0.259 e. The van der Waals surface area contributed by atoms with Crippen molar-refractivity contribution in [3.05, 3.63) is 52.3 Å². The Morgan fingerprint density at radius 3 is 2.71 bits per heavy atom.